The average Bonchev–Trinajstić information content (AvgIpc) is 2.59. The molecule has 0 aromatic carbocycles. The molecule has 0 spiro atoms. The fraction of sp³-hybridized carbons (Fsp3) is 0.500. The van der Waals surface area contributed by atoms with E-state index in [0.717, 1.165) is 11.6 Å². The minimum absolute atomic E-state index is 0.0172. The van der Waals surface area contributed by atoms with E-state index >= 15 is 0 Å². The number of likely N-dealkylation sites (N-methyl/N-ethyl adjacent to an activating group) is 1. The lowest BCUT2D eigenvalue weighted by atomic mass is 10.1. The number of fused-ring (bicyclic) bond motifs is 1. The highest BCUT2D eigenvalue weighted by Crippen LogP contribution is 2.16. The van der Waals surface area contributed by atoms with Gasteiger partial charge in [0.05, 0.1) is 11.6 Å². The van der Waals surface area contributed by atoms with Crippen molar-refractivity contribution in [2.45, 2.75) is 33.5 Å². The second-order valence-corrected chi connectivity index (χ2v) is 7.30. The first-order valence-corrected chi connectivity index (χ1v) is 9.05. The summed E-state index contributed by atoms with van der Waals surface area (Å²) in [7, 11) is 3.93. The molecule has 0 saturated heterocycles. The maximum Gasteiger partial charge on any atom is 0.330 e. The van der Waals surface area contributed by atoms with Gasteiger partial charge >= 0.3 is 5.69 Å². The number of rotatable bonds is 7. The van der Waals surface area contributed by atoms with Crippen molar-refractivity contribution in [1.29, 1.82) is 0 Å². The molecule has 27 heavy (non-hydrogen) atoms. The van der Waals surface area contributed by atoms with Gasteiger partial charge in [0.25, 0.3) is 5.56 Å². The lowest BCUT2D eigenvalue weighted by Crippen LogP contribution is -2.45. The molecule has 9 heteroatoms. The van der Waals surface area contributed by atoms with Crippen molar-refractivity contribution in [3.05, 3.63) is 49.5 Å². The SMILES string of the molecule is CN[C@H](C(C)C)N(C)C/C=C(/C)Cn1c(=O)[nH]c(=O)c2cc(F)c(Cl)nc21. The minimum Gasteiger partial charge on any atom is -0.305 e. The van der Waals surface area contributed by atoms with E-state index in [0.29, 0.717) is 12.5 Å². The van der Waals surface area contributed by atoms with Crippen LogP contribution in [0, 0.1) is 11.7 Å². The summed E-state index contributed by atoms with van der Waals surface area (Å²) >= 11 is 5.74. The Balaban J connectivity index is 2.34. The standard InChI is InChI=1S/C18H25ClFN5O2/c1-10(2)15(21-4)24(5)7-6-11(3)9-25-16-12(17(26)23-18(25)27)8-13(20)14(19)22-16/h6,8,10,15,21H,7,9H2,1-5H3,(H,23,26,27)/b11-6-/t15-/m0/s1. The Morgan fingerprint density at radius 2 is 2.15 bits per heavy atom. The van der Waals surface area contributed by atoms with Crippen LogP contribution in [0.25, 0.3) is 11.0 Å². The van der Waals surface area contributed by atoms with Gasteiger partial charge in [0.1, 0.15) is 0 Å². The summed E-state index contributed by atoms with van der Waals surface area (Å²) in [4.78, 5) is 32.4. The van der Waals surface area contributed by atoms with Gasteiger partial charge in [-0.25, -0.2) is 14.2 Å². The van der Waals surface area contributed by atoms with Crippen molar-refractivity contribution in [2.24, 2.45) is 5.92 Å². The molecule has 2 heterocycles. The molecule has 0 unspecified atom stereocenters. The number of hydrogen-bond acceptors (Lipinski definition) is 5. The molecule has 2 aromatic rings. The summed E-state index contributed by atoms with van der Waals surface area (Å²) in [5.41, 5.74) is -0.340. The van der Waals surface area contributed by atoms with Crippen molar-refractivity contribution >= 4 is 22.6 Å². The minimum atomic E-state index is -0.805. The number of nitrogens with zero attached hydrogens (tertiary/aromatic N) is 3. The largest absolute Gasteiger partial charge is 0.330 e. The molecule has 0 amide bonds. The first-order chi connectivity index (χ1) is 12.6. The van der Waals surface area contributed by atoms with Crippen LogP contribution in [0.15, 0.2) is 27.3 Å². The zero-order valence-electron chi connectivity index (χ0n) is 16.1. The number of halogens is 2. The molecule has 0 aliphatic heterocycles. The van der Waals surface area contributed by atoms with Gasteiger partial charge in [0.2, 0.25) is 0 Å². The molecule has 0 bridgehead atoms. The Bertz CT molecular complexity index is 967. The third kappa shape index (κ3) is 4.82. The molecule has 148 valence electrons. The van der Waals surface area contributed by atoms with E-state index in [1.54, 1.807) is 0 Å². The highest BCUT2D eigenvalue weighted by atomic mass is 35.5. The Kier molecular flexibility index (Phi) is 6.91. The summed E-state index contributed by atoms with van der Waals surface area (Å²) in [6.45, 7) is 7.03. The molecule has 7 nitrogen and oxygen atoms in total. The van der Waals surface area contributed by atoms with Gasteiger partial charge in [0, 0.05) is 13.1 Å². The summed E-state index contributed by atoms with van der Waals surface area (Å²) in [6, 6.07) is 0.992. The van der Waals surface area contributed by atoms with E-state index in [2.05, 4.69) is 34.0 Å². The van der Waals surface area contributed by atoms with Crippen LogP contribution in [-0.2, 0) is 6.54 Å². The molecule has 0 aliphatic carbocycles. The Labute approximate surface area is 161 Å². The summed E-state index contributed by atoms with van der Waals surface area (Å²) in [5.74, 6) is -0.374. The number of nitrogens with one attached hydrogen (secondary N) is 2. The maximum absolute atomic E-state index is 13.6. The van der Waals surface area contributed by atoms with Gasteiger partial charge in [0.15, 0.2) is 16.6 Å². The third-order valence-electron chi connectivity index (χ3n) is 4.42. The molecule has 0 aliphatic rings. The molecule has 2 N–H and O–H groups in total. The quantitative estimate of drug-likeness (QED) is 0.424. The smallest absolute Gasteiger partial charge is 0.305 e. The molecular formula is C18H25ClFN5O2. The van der Waals surface area contributed by atoms with Crippen LogP contribution in [0.3, 0.4) is 0 Å². The van der Waals surface area contributed by atoms with E-state index in [4.69, 9.17) is 11.6 Å². The molecule has 1 atom stereocenters. The van der Waals surface area contributed by atoms with Gasteiger partial charge in [-0.1, -0.05) is 37.1 Å². The van der Waals surface area contributed by atoms with Crippen LogP contribution < -0.4 is 16.6 Å². The first kappa shape index (κ1) is 21.3. The van der Waals surface area contributed by atoms with E-state index in [1.807, 2.05) is 27.1 Å². The molecule has 0 fully saturated rings. The van der Waals surface area contributed by atoms with Crippen molar-refractivity contribution in [3.8, 4) is 0 Å². The number of aromatic nitrogens is 3. The lowest BCUT2D eigenvalue weighted by Gasteiger charge is -2.30. The number of allylic oxidation sites excluding steroid dienone is 1. The summed E-state index contributed by atoms with van der Waals surface area (Å²) in [6.07, 6.45) is 2.22. The molecule has 0 saturated carbocycles. The number of aromatic amines is 1. The second kappa shape index (κ2) is 8.77. The van der Waals surface area contributed by atoms with Gasteiger partial charge in [-0.15, -0.1) is 0 Å². The Hall–Kier alpha value is -2.03. The summed E-state index contributed by atoms with van der Waals surface area (Å²) in [5, 5.41) is 2.87. The van der Waals surface area contributed by atoms with Gasteiger partial charge in [-0.2, -0.15) is 0 Å². The third-order valence-corrected chi connectivity index (χ3v) is 4.68. The van der Waals surface area contributed by atoms with Gasteiger partial charge in [-0.05, 0) is 33.0 Å². The van der Waals surface area contributed by atoms with Crippen LogP contribution in [0.4, 0.5) is 4.39 Å². The number of hydrogen-bond donors (Lipinski definition) is 2. The number of H-pyrrole nitrogens is 1. The van der Waals surface area contributed by atoms with Crippen LogP contribution in [-0.4, -0.2) is 46.2 Å². The maximum atomic E-state index is 13.6. The Morgan fingerprint density at radius 3 is 2.74 bits per heavy atom. The lowest BCUT2D eigenvalue weighted by molar-refractivity contribution is 0.181. The van der Waals surface area contributed by atoms with Crippen molar-refractivity contribution in [1.82, 2.24) is 24.8 Å². The van der Waals surface area contributed by atoms with Crippen LogP contribution >= 0.6 is 11.6 Å². The van der Waals surface area contributed by atoms with Crippen molar-refractivity contribution < 1.29 is 4.39 Å². The first-order valence-electron chi connectivity index (χ1n) is 8.67. The van der Waals surface area contributed by atoms with E-state index < -0.39 is 17.1 Å². The van der Waals surface area contributed by atoms with Crippen LogP contribution in [0.2, 0.25) is 5.15 Å². The highest BCUT2D eigenvalue weighted by molar-refractivity contribution is 6.29. The van der Waals surface area contributed by atoms with E-state index in [-0.39, 0.29) is 28.9 Å². The average molecular weight is 398 g/mol. The second-order valence-electron chi connectivity index (χ2n) is 6.95. The van der Waals surface area contributed by atoms with Crippen molar-refractivity contribution in [3.63, 3.8) is 0 Å². The molecule has 2 rings (SSSR count). The molecular weight excluding hydrogens is 373 g/mol. The Morgan fingerprint density at radius 1 is 1.48 bits per heavy atom. The topological polar surface area (TPSA) is 83.0 Å². The monoisotopic (exact) mass is 397 g/mol. The van der Waals surface area contributed by atoms with Gasteiger partial charge in [-0.3, -0.25) is 19.2 Å². The van der Waals surface area contributed by atoms with E-state index in [9.17, 15) is 14.0 Å². The molecule has 2 aromatic heterocycles. The van der Waals surface area contributed by atoms with Crippen molar-refractivity contribution in [2.75, 3.05) is 20.6 Å². The highest BCUT2D eigenvalue weighted by Gasteiger charge is 2.16. The van der Waals surface area contributed by atoms with Crippen LogP contribution in [0.1, 0.15) is 20.8 Å². The predicted molar refractivity (Wildman–Crippen MR) is 106 cm³/mol. The number of pyridine rings is 1. The van der Waals surface area contributed by atoms with Crippen LogP contribution in [0.5, 0.6) is 0 Å². The van der Waals surface area contributed by atoms with E-state index in [1.165, 1.54) is 4.57 Å². The zero-order valence-corrected chi connectivity index (χ0v) is 16.9. The predicted octanol–water partition coefficient (Wildman–Crippen LogP) is 1.96. The fourth-order valence-corrected chi connectivity index (χ4v) is 3.23. The fourth-order valence-electron chi connectivity index (χ4n) is 3.10. The zero-order chi connectivity index (χ0) is 20.3. The summed E-state index contributed by atoms with van der Waals surface area (Å²) < 4.78 is 14.9. The molecule has 0 radical (unpaired) electrons. The normalized spacial score (nSPS) is 13.7. The van der Waals surface area contributed by atoms with Gasteiger partial charge < -0.3 is 5.32 Å².